The standard InChI is InChI=1S/C27H34F3N5O3S/c1-19(2)18-24(26(32)36)35(13-12-31)25(27(28,29)30)22-6-4-20(5-7-22)21-8-10-23(11-9-21)33-14-16-34(17-15-33)39(3,37)38/h4-11,19,24-25H,13-18H2,1-3H3,(H2,32,36)/t24-,25?/m0/s1. The summed E-state index contributed by atoms with van der Waals surface area (Å²) in [6.45, 7) is 4.87. The van der Waals surface area contributed by atoms with E-state index in [9.17, 15) is 31.6 Å². The summed E-state index contributed by atoms with van der Waals surface area (Å²) in [6.07, 6.45) is -3.45. The molecule has 1 aliphatic heterocycles. The van der Waals surface area contributed by atoms with Crippen LogP contribution in [0.3, 0.4) is 0 Å². The minimum atomic E-state index is -4.74. The molecule has 2 atom stereocenters. The molecule has 1 saturated heterocycles. The predicted octanol–water partition coefficient (Wildman–Crippen LogP) is 3.76. The molecule has 8 nitrogen and oxygen atoms in total. The lowest BCUT2D eigenvalue weighted by atomic mass is 9.95. The first-order chi connectivity index (χ1) is 18.2. The molecule has 12 heteroatoms. The number of piperazine rings is 1. The molecule has 3 rings (SSSR count). The average molecular weight is 566 g/mol. The summed E-state index contributed by atoms with van der Waals surface area (Å²) in [6, 6.07) is 11.8. The zero-order valence-electron chi connectivity index (χ0n) is 22.2. The van der Waals surface area contributed by atoms with E-state index in [4.69, 9.17) is 5.73 Å². The van der Waals surface area contributed by atoms with Gasteiger partial charge in [-0.2, -0.15) is 22.7 Å². The van der Waals surface area contributed by atoms with Crippen molar-refractivity contribution in [3.8, 4) is 17.2 Å². The fourth-order valence-corrected chi connectivity index (χ4v) is 5.72. The molecule has 0 spiro atoms. The molecule has 0 bridgehead atoms. The Labute approximate surface area is 227 Å². The summed E-state index contributed by atoms with van der Waals surface area (Å²) in [7, 11) is -3.22. The number of sulfonamides is 1. The summed E-state index contributed by atoms with van der Waals surface area (Å²) in [5.74, 6) is -1.01. The third-order valence-corrected chi connectivity index (χ3v) is 8.12. The summed E-state index contributed by atoms with van der Waals surface area (Å²) in [4.78, 5) is 15.1. The zero-order chi connectivity index (χ0) is 29.0. The Hall–Kier alpha value is -3.14. The van der Waals surface area contributed by atoms with Crippen LogP contribution in [0.1, 0.15) is 31.9 Å². The first-order valence-electron chi connectivity index (χ1n) is 12.6. The maximum absolute atomic E-state index is 14.3. The van der Waals surface area contributed by atoms with E-state index in [1.54, 1.807) is 32.0 Å². The highest BCUT2D eigenvalue weighted by Crippen LogP contribution is 2.40. The number of primary amides is 1. The van der Waals surface area contributed by atoms with Crippen LogP contribution in [0, 0.1) is 17.2 Å². The lowest BCUT2D eigenvalue weighted by Gasteiger charge is -2.37. The second-order valence-electron chi connectivity index (χ2n) is 10.1. The van der Waals surface area contributed by atoms with Crippen molar-refractivity contribution in [1.82, 2.24) is 9.21 Å². The minimum absolute atomic E-state index is 0.0862. The Morgan fingerprint density at radius 2 is 1.54 bits per heavy atom. The molecular formula is C27H34F3N5O3S. The number of carbonyl (C=O) groups excluding carboxylic acids is 1. The smallest absolute Gasteiger partial charge is 0.369 e. The quantitative estimate of drug-likeness (QED) is 0.439. The maximum Gasteiger partial charge on any atom is 0.408 e. The Morgan fingerprint density at radius 3 is 1.95 bits per heavy atom. The van der Waals surface area contributed by atoms with Gasteiger partial charge in [-0.05, 0) is 41.2 Å². The SMILES string of the molecule is CC(C)C[C@@H](C(N)=O)N(CC#N)C(c1ccc(-c2ccc(N3CCN(S(C)(=O)=O)CC3)cc2)cc1)C(F)(F)F. The number of nitrogens with two attached hydrogens (primary N) is 1. The Bertz CT molecular complexity index is 1270. The third-order valence-electron chi connectivity index (χ3n) is 6.82. The number of alkyl halides is 3. The lowest BCUT2D eigenvalue weighted by molar-refractivity contribution is -0.192. The van der Waals surface area contributed by atoms with Gasteiger partial charge in [-0.3, -0.25) is 9.69 Å². The molecule has 0 aliphatic carbocycles. The van der Waals surface area contributed by atoms with E-state index in [0.29, 0.717) is 31.7 Å². The molecule has 2 N–H and O–H groups in total. The van der Waals surface area contributed by atoms with Crippen molar-refractivity contribution in [2.75, 3.05) is 43.9 Å². The fourth-order valence-electron chi connectivity index (χ4n) is 4.89. The zero-order valence-corrected chi connectivity index (χ0v) is 23.0. The second-order valence-corrected chi connectivity index (χ2v) is 12.1. The van der Waals surface area contributed by atoms with Crippen LogP contribution in [0.4, 0.5) is 18.9 Å². The van der Waals surface area contributed by atoms with Crippen LogP contribution in [0.25, 0.3) is 11.1 Å². The first kappa shape index (κ1) is 30.4. The lowest BCUT2D eigenvalue weighted by Crippen LogP contribution is -2.51. The Balaban J connectivity index is 1.83. The van der Waals surface area contributed by atoms with Gasteiger partial charge in [0.15, 0.2) is 0 Å². The number of carbonyl (C=O) groups is 1. The van der Waals surface area contributed by atoms with Crippen LogP contribution in [0.15, 0.2) is 48.5 Å². The van der Waals surface area contributed by atoms with E-state index in [-0.39, 0.29) is 17.9 Å². The van der Waals surface area contributed by atoms with Crippen LogP contribution in [-0.4, -0.2) is 74.7 Å². The number of anilines is 1. The molecule has 212 valence electrons. The molecule has 1 amide bonds. The van der Waals surface area contributed by atoms with Crippen LogP contribution in [0.5, 0.6) is 0 Å². The summed E-state index contributed by atoms with van der Waals surface area (Å²) >= 11 is 0. The van der Waals surface area contributed by atoms with Gasteiger partial charge >= 0.3 is 6.18 Å². The normalized spacial score (nSPS) is 16.7. The second kappa shape index (κ2) is 12.4. The van der Waals surface area contributed by atoms with Crippen molar-refractivity contribution >= 4 is 21.6 Å². The van der Waals surface area contributed by atoms with Crippen molar-refractivity contribution < 1.29 is 26.4 Å². The van der Waals surface area contributed by atoms with Gasteiger partial charge in [0.2, 0.25) is 15.9 Å². The van der Waals surface area contributed by atoms with Crippen molar-refractivity contribution in [3.63, 3.8) is 0 Å². The average Bonchev–Trinajstić information content (AvgIpc) is 2.86. The Kier molecular flexibility index (Phi) is 9.64. The predicted molar refractivity (Wildman–Crippen MR) is 144 cm³/mol. The number of halogens is 3. The summed E-state index contributed by atoms with van der Waals surface area (Å²) in [5.41, 5.74) is 7.82. The number of hydrogen-bond donors (Lipinski definition) is 1. The van der Waals surface area contributed by atoms with E-state index < -0.39 is 40.7 Å². The van der Waals surface area contributed by atoms with Gasteiger partial charge in [0, 0.05) is 31.9 Å². The third kappa shape index (κ3) is 7.71. The fraction of sp³-hybridized carbons (Fsp3) is 0.481. The first-order valence-corrected chi connectivity index (χ1v) is 14.5. The molecule has 0 aromatic heterocycles. The van der Waals surface area contributed by atoms with Gasteiger partial charge in [-0.25, -0.2) is 8.42 Å². The number of benzene rings is 2. The molecule has 1 unspecified atom stereocenters. The van der Waals surface area contributed by atoms with Crippen LogP contribution >= 0.6 is 0 Å². The Morgan fingerprint density at radius 1 is 1.03 bits per heavy atom. The maximum atomic E-state index is 14.3. The minimum Gasteiger partial charge on any atom is -0.369 e. The van der Waals surface area contributed by atoms with Crippen molar-refractivity contribution in [1.29, 1.82) is 5.26 Å². The van der Waals surface area contributed by atoms with Gasteiger partial charge < -0.3 is 10.6 Å². The highest BCUT2D eigenvalue weighted by atomic mass is 32.2. The van der Waals surface area contributed by atoms with Gasteiger partial charge in [0.05, 0.1) is 24.9 Å². The van der Waals surface area contributed by atoms with Gasteiger partial charge in [-0.1, -0.05) is 50.2 Å². The van der Waals surface area contributed by atoms with Crippen molar-refractivity contribution in [2.45, 2.75) is 38.5 Å². The molecule has 2 aromatic rings. The topological polar surface area (TPSA) is 111 Å². The monoisotopic (exact) mass is 565 g/mol. The number of rotatable bonds is 10. The largest absolute Gasteiger partial charge is 0.408 e. The number of nitriles is 1. The van der Waals surface area contributed by atoms with Crippen molar-refractivity contribution in [3.05, 3.63) is 54.1 Å². The van der Waals surface area contributed by atoms with E-state index in [1.165, 1.54) is 22.7 Å². The van der Waals surface area contributed by atoms with Crippen molar-refractivity contribution in [2.24, 2.45) is 11.7 Å². The number of hydrogen-bond acceptors (Lipinski definition) is 6. The van der Waals surface area contributed by atoms with Gasteiger partial charge in [0.25, 0.3) is 0 Å². The van der Waals surface area contributed by atoms with Gasteiger partial charge in [0.1, 0.15) is 6.04 Å². The van der Waals surface area contributed by atoms with E-state index >= 15 is 0 Å². The van der Waals surface area contributed by atoms with Crippen LogP contribution in [-0.2, 0) is 14.8 Å². The van der Waals surface area contributed by atoms with Crippen LogP contribution < -0.4 is 10.6 Å². The van der Waals surface area contributed by atoms with E-state index in [0.717, 1.165) is 16.2 Å². The molecule has 0 radical (unpaired) electrons. The number of nitrogens with zero attached hydrogens (tertiary/aromatic N) is 4. The molecule has 39 heavy (non-hydrogen) atoms. The molecular weight excluding hydrogens is 531 g/mol. The summed E-state index contributed by atoms with van der Waals surface area (Å²) < 4.78 is 67.9. The highest BCUT2D eigenvalue weighted by Gasteiger charge is 2.48. The van der Waals surface area contributed by atoms with E-state index in [1.807, 2.05) is 24.3 Å². The molecule has 2 aromatic carbocycles. The van der Waals surface area contributed by atoms with Crippen LogP contribution in [0.2, 0.25) is 0 Å². The van der Waals surface area contributed by atoms with Gasteiger partial charge in [-0.15, -0.1) is 0 Å². The molecule has 1 fully saturated rings. The molecule has 1 heterocycles. The number of amides is 1. The molecule has 1 aliphatic rings. The van der Waals surface area contributed by atoms with E-state index in [2.05, 4.69) is 4.90 Å². The highest BCUT2D eigenvalue weighted by molar-refractivity contribution is 7.88. The molecule has 0 saturated carbocycles. The summed E-state index contributed by atoms with van der Waals surface area (Å²) in [5, 5.41) is 9.28.